The molecule has 1 aromatic heterocycles. The molecule has 2 aliphatic heterocycles. The topological polar surface area (TPSA) is 104 Å². The van der Waals surface area contributed by atoms with Gasteiger partial charge in [0.25, 0.3) is 0 Å². The minimum atomic E-state index is 0.229. The third-order valence-corrected chi connectivity index (χ3v) is 7.30. The molecule has 0 bridgehead atoms. The third-order valence-electron chi connectivity index (χ3n) is 6.42. The zero-order chi connectivity index (χ0) is 23.5. The lowest BCUT2D eigenvalue weighted by Crippen LogP contribution is -2.36. The average molecular weight is 479 g/mol. The molecule has 178 valence electrons. The van der Waals surface area contributed by atoms with E-state index in [1.54, 1.807) is 0 Å². The van der Waals surface area contributed by atoms with E-state index in [1.165, 1.54) is 17.3 Å². The molecule has 2 N–H and O–H groups in total. The number of rotatable bonds is 8. The lowest BCUT2D eigenvalue weighted by atomic mass is 9.98. The fourth-order valence-electron chi connectivity index (χ4n) is 4.16. The molecular weight excluding hydrogens is 448 g/mol. The van der Waals surface area contributed by atoms with Crippen LogP contribution in [-0.4, -0.2) is 57.9 Å². The van der Waals surface area contributed by atoms with Gasteiger partial charge in [0, 0.05) is 36.9 Å². The van der Waals surface area contributed by atoms with Gasteiger partial charge in [-0.15, -0.1) is 0 Å². The van der Waals surface area contributed by atoms with Gasteiger partial charge in [0.15, 0.2) is 5.16 Å². The van der Waals surface area contributed by atoms with Crippen molar-refractivity contribution in [3.8, 4) is 0 Å². The largest absolute Gasteiger partial charge is 0.396 e. The second kappa shape index (κ2) is 10.2. The molecule has 3 aliphatic rings. The van der Waals surface area contributed by atoms with E-state index in [9.17, 15) is 9.90 Å². The Balaban J connectivity index is 1.33. The minimum absolute atomic E-state index is 0.229. The van der Waals surface area contributed by atoms with E-state index in [4.69, 9.17) is 4.98 Å². The van der Waals surface area contributed by atoms with Gasteiger partial charge >= 0.3 is 0 Å². The molecule has 0 atom stereocenters. The molecule has 1 saturated heterocycles. The minimum Gasteiger partial charge on any atom is -0.396 e. The van der Waals surface area contributed by atoms with E-state index < -0.39 is 0 Å². The zero-order valence-electron chi connectivity index (χ0n) is 19.4. The van der Waals surface area contributed by atoms with E-state index in [0.29, 0.717) is 41.7 Å². The van der Waals surface area contributed by atoms with Crippen LogP contribution in [0.25, 0.3) is 0 Å². The SMILES string of the molecule is CC1=CC(Nc2nc(Sc3ccc(CC(=O)C4CC4)cc3)nc(N3CCC(CO)CC3)n2)=NC1. The number of hydrogen-bond acceptors (Lipinski definition) is 9. The standard InChI is InChI=1S/C25H30N6O2S/c1-16-12-22(26-14-16)27-23-28-24(31-10-8-18(15-32)9-11-31)30-25(29-23)34-20-6-2-17(3-7-20)13-21(33)19-4-5-19/h2-3,6-7,12,18-19,32H,4-5,8-11,13-15H2,1H3,(H,26,27,28,29,30). The summed E-state index contributed by atoms with van der Waals surface area (Å²) in [7, 11) is 0. The van der Waals surface area contributed by atoms with Gasteiger partial charge in [0.2, 0.25) is 11.9 Å². The van der Waals surface area contributed by atoms with Gasteiger partial charge in [-0.3, -0.25) is 9.79 Å². The van der Waals surface area contributed by atoms with Crippen LogP contribution in [0.3, 0.4) is 0 Å². The molecule has 0 spiro atoms. The van der Waals surface area contributed by atoms with Gasteiger partial charge in [0.1, 0.15) is 11.6 Å². The van der Waals surface area contributed by atoms with Crippen molar-refractivity contribution in [1.82, 2.24) is 15.0 Å². The molecule has 2 fully saturated rings. The van der Waals surface area contributed by atoms with Crippen LogP contribution in [0.2, 0.25) is 0 Å². The zero-order valence-corrected chi connectivity index (χ0v) is 20.2. The summed E-state index contributed by atoms with van der Waals surface area (Å²) in [6.07, 6.45) is 6.45. The number of aliphatic hydroxyl groups is 1. The maximum atomic E-state index is 12.1. The van der Waals surface area contributed by atoms with Crippen LogP contribution in [-0.2, 0) is 11.2 Å². The fourth-order valence-corrected chi connectivity index (χ4v) is 4.90. The van der Waals surface area contributed by atoms with Gasteiger partial charge in [-0.05, 0) is 79.6 Å². The number of benzene rings is 1. The summed E-state index contributed by atoms with van der Waals surface area (Å²) in [6.45, 7) is 4.58. The van der Waals surface area contributed by atoms with Gasteiger partial charge < -0.3 is 15.3 Å². The van der Waals surface area contributed by atoms with Gasteiger partial charge in [-0.2, -0.15) is 15.0 Å². The molecule has 2 aromatic rings. The summed E-state index contributed by atoms with van der Waals surface area (Å²) >= 11 is 1.48. The summed E-state index contributed by atoms with van der Waals surface area (Å²) in [5.41, 5.74) is 2.24. The molecule has 5 rings (SSSR count). The molecule has 9 heteroatoms. The number of nitrogens with one attached hydrogen (secondary N) is 1. The van der Waals surface area contributed by atoms with Crippen molar-refractivity contribution in [1.29, 1.82) is 0 Å². The van der Waals surface area contributed by atoms with Crippen LogP contribution in [0, 0.1) is 11.8 Å². The Morgan fingerprint density at radius 3 is 2.53 bits per heavy atom. The molecule has 0 amide bonds. The number of anilines is 2. The first-order chi connectivity index (χ1) is 16.6. The number of carbonyl (C=O) groups excluding carboxylic acids is 1. The van der Waals surface area contributed by atoms with Crippen molar-refractivity contribution >= 4 is 35.3 Å². The Labute approximate surface area is 204 Å². The number of amidine groups is 1. The molecular formula is C25H30N6O2S. The highest BCUT2D eigenvalue weighted by molar-refractivity contribution is 7.99. The quantitative estimate of drug-likeness (QED) is 0.594. The summed E-state index contributed by atoms with van der Waals surface area (Å²) < 4.78 is 0. The third kappa shape index (κ3) is 5.82. The number of nitrogens with zero attached hydrogens (tertiary/aromatic N) is 5. The number of carbonyl (C=O) groups is 1. The van der Waals surface area contributed by atoms with E-state index in [0.717, 1.165) is 55.1 Å². The van der Waals surface area contributed by atoms with Gasteiger partial charge in [-0.25, -0.2) is 0 Å². The second-order valence-electron chi connectivity index (χ2n) is 9.34. The number of aliphatic hydroxyl groups excluding tert-OH is 1. The first kappa shape index (κ1) is 23.0. The van der Waals surface area contributed by atoms with Crippen molar-refractivity contribution in [2.45, 2.75) is 49.1 Å². The van der Waals surface area contributed by atoms with Crippen LogP contribution in [0.1, 0.15) is 38.2 Å². The molecule has 0 unspecified atom stereocenters. The Kier molecular flexibility index (Phi) is 6.92. The van der Waals surface area contributed by atoms with Crippen LogP contribution in [0.5, 0.6) is 0 Å². The van der Waals surface area contributed by atoms with E-state index in [2.05, 4.69) is 25.2 Å². The lowest BCUT2D eigenvalue weighted by molar-refractivity contribution is -0.119. The highest BCUT2D eigenvalue weighted by atomic mass is 32.2. The van der Waals surface area contributed by atoms with Gasteiger partial charge in [-0.1, -0.05) is 12.1 Å². The van der Waals surface area contributed by atoms with E-state index in [1.807, 2.05) is 37.3 Å². The van der Waals surface area contributed by atoms with Crippen LogP contribution in [0.15, 0.2) is 51.0 Å². The highest BCUT2D eigenvalue weighted by Gasteiger charge is 2.29. The van der Waals surface area contributed by atoms with E-state index >= 15 is 0 Å². The summed E-state index contributed by atoms with van der Waals surface area (Å²) in [5.74, 6) is 2.86. The maximum Gasteiger partial charge on any atom is 0.234 e. The van der Waals surface area contributed by atoms with E-state index in [-0.39, 0.29) is 12.5 Å². The number of aliphatic imine (C=N–C) groups is 1. The van der Waals surface area contributed by atoms with Crippen LogP contribution in [0.4, 0.5) is 11.9 Å². The number of Topliss-reactive ketones (excluding diaryl/α,β-unsaturated/α-hetero) is 1. The molecule has 1 saturated carbocycles. The van der Waals surface area contributed by atoms with Crippen LogP contribution < -0.4 is 10.2 Å². The maximum absolute atomic E-state index is 12.1. The van der Waals surface area contributed by atoms with Crippen molar-refractivity contribution in [3.05, 3.63) is 41.5 Å². The average Bonchev–Trinajstić information content (AvgIpc) is 3.63. The summed E-state index contributed by atoms with van der Waals surface area (Å²) in [4.78, 5) is 33.8. The first-order valence-electron chi connectivity index (χ1n) is 12.0. The number of aromatic nitrogens is 3. The Hall–Kier alpha value is -2.78. The Bertz CT molecular complexity index is 1100. The fraction of sp³-hybridized carbons (Fsp3) is 0.480. The molecule has 34 heavy (non-hydrogen) atoms. The summed E-state index contributed by atoms with van der Waals surface area (Å²) in [6, 6.07) is 8.09. The molecule has 1 aliphatic carbocycles. The predicted octanol–water partition coefficient (Wildman–Crippen LogP) is 3.52. The molecule has 8 nitrogen and oxygen atoms in total. The highest BCUT2D eigenvalue weighted by Crippen LogP contribution is 2.32. The van der Waals surface area contributed by atoms with Gasteiger partial charge in [0.05, 0.1) is 6.54 Å². The monoisotopic (exact) mass is 478 g/mol. The summed E-state index contributed by atoms with van der Waals surface area (Å²) in [5, 5.41) is 13.3. The Morgan fingerprint density at radius 2 is 1.88 bits per heavy atom. The lowest BCUT2D eigenvalue weighted by Gasteiger charge is -2.31. The molecule has 0 radical (unpaired) electrons. The Morgan fingerprint density at radius 1 is 1.12 bits per heavy atom. The normalized spacial score (nSPS) is 18.6. The van der Waals surface area contributed by atoms with Crippen molar-refractivity contribution in [2.75, 3.05) is 36.5 Å². The molecule has 1 aromatic carbocycles. The van der Waals surface area contributed by atoms with Crippen molar-refractivity contribution < 1.29 is 9.90 Å². The smallest absolute Gasteiger partial charge is 0.234 e. The second-order valence-corrected chi connectivity index (χ2v) is 10.4. The predicted molar refractivity (Wildman–Crippen MR) is 134 cm³/mol. The number of hydrogen-bond donors (Lipinski definition) is 2. The first-order valence-corrected chi connectivity index (χ1v) is 12.8. The van der Waals surface area contributed by atoms with Crippen molar-refractivity contribution in [3.63, 3.8) is 0 Å². The number of ketones is 1. The van der Waals surface area contributed by atoms with Crippen LogP contribution >= 0.6 is 11.8 Å². The number of piperidine rings is 1. The molecule has 3 heterocycles. The van der Waals surface area contributed by atoms with Crippen molar-refractivity contribution in [2.24, 2.45) is 16.8 Å².